The normalized spacial score (nSPS) is 12.2. The molecule has 1 rings (SSSR count). The van der Waals surface area contributed by atoms with E-state index in [1.54, 1.807) is 11.3 Å². The van der Waals surface area contributed by atoms with Crippen LogP contribution in [0.15, 0.2) is 5.38 Å². The van der Waals surface area contributed by atoms with E-state index in [1.165, 1.54) is 7.11 Å². The summed E-state index contributed by atoms with van der Waals surface area (Å²) < 4.78 is 0. The predicted octanol–water partition coefficient (Wildman–Crippen LogP) is 1.63. The number of carbonyl (C=O) groups excluding carboxylic acids is 1. The molecule has 0 saturated carbocycles. The first-order valence-corrected chi connectivity index (χ1v) is 5.59. The zero-order chi connectivity index (χ0) is 11.3. The molecule has 0 saturated heterocycles. The molecule has 0 aromatic carbocycles. The third kappa shape index (κ3) is 3.49. The molecule has 0 bridgehead atoms. The SMILES string of the molecule is CCc1nc(C(C)NC(=O)NOC)cs1. The van der Waals surface area contributed by atoms with Gasteiger partial charge in [0.05, 0.1) is 23.9 Å². The molecule has 1 aromatic heterocycles. The number of nitrogens with one attached hydrogen (secondary N) is 2. The van der Waals surface area contributed by atoms with Crippen LogP contribution in [0.3, 0.4) is 0 Å². The molecule has 1 unspecified atom stereocenters. The highest BCUT2D eigenvalue weighted by atomic mass is 32.1. The lowest BCUT2D eigenvalue weighted by Crippen LogP contribution is -2.36. The summed E-state index contributed by atoms with van der Waals surface area (Å²) >= 11 is 1.60. The molecule has 84 valence electrons. The second kappa shape index (κ2) is 5.67. The molecule has 6 heteroatoms. The van der Waals surface area contributed by atoms with Gasteiger partial charge in [-0.25, -0.2) is 15.3 Å². The van der Waals surface area contributed by atoms with Gasteiger partial charge in [0.25, 0.3) is 0 Å². The molecule has 5 nitrogen and oxygen atoms in total. The van der Waals surface area contributed by atoms with Crippen LogP contribution in [0, 0.1) is 0 Å². The van der Waals surface area contributed by atoms with Crippen molar-refractivity contribution in [3.8, 4) is 0 Å². The van der Waals surface area contributed by atoms with Gasteiger partial charge in [0.1, 0.15) is 0 Å². The number of carbonyl (C=O) groups is 1. The highest BCUT2D eigenvalue weighted by molar-refractivity contribution is 7.09. The summed E-state index contributed by atoms with van der Waals surface area (Å²) in [7, 11) is 1.39. The van der Waals surface area contributed by atoms with E-state index in [2.05, 4.69) is 27.5 Å². The van der Waals surface area contributed by atoms with Gasteiger partial charge >= 0.3 is 6.03 Å². The Morgan fingerprint density at radius 3 is 3.00 bits per heavy atom. The fraction of sp³-hybridized carbons (Fsp3) is 0.556. The zero-order valence-corrected chi connectivity index (χ0v) is 9.85. The van der Waals surface area contributed by atoms with Crippen LogP contribution in [-0.2, 0) is 11.3 Å². The van der Waals surface area contributed by atoms with E-state index in [0.29, 0.717) is 0 Å². The topological polar surface area (TPSA) is 63.2 Å². The maximum Gasteiger partial charge on any atom is 0.339 e. The summed E-state index contributed by atoms with van der Waals surface area (Å²) in [6.07, 6.45) is 0.918. The number of aryl methyl sites for hydroxylation is 1. The first kappa shape index (κ1) is 11.9. The standard InChI is InChI=1S/C9H15N3O2S/c1-4-8-11-7(5-15-8)6(2)10-9(13)12-14-3/h5-6H,4H2,1-3H3,(H2,10,12,13). The van der Waals surface area contributed by atoms with Crippen LogP contribution in [0.1, 0.15) is 30.6 Å². The Bertz CT molecular complexity index is 327. The van der Waals surface area contributed by atoms with Gasteiger partial charge in [-0.05, 0) is 13.3 Å². The maximum absolute atomic E-state index is 11.1. The lowest BCUT2D eigenvalue weighted by atomic mass is 10.3. The van der Waals surface area contributed by atoms with E-state index in [-0.39, 0.29) is 12.1 Å². The molecular formula is C9H15N3O2S. The van der Waals surface area contributed by atoms with Gasteiger partial charge in [-0.15, -0.1) is 11.3 Å². The van der Waals surface area contributed by atoms with Crippen molar-refractivity contribution >= 4 is 17.4 Å². The summed E-state index contributed by atoms with van der Waals surface area (Å²) in [6.45, 7) is 3.93. The summed E-state index contributed by atoms with van der Waals surface area (Å²) in [6, 6.07) is -0.479. The Balaban J connectivity index is 2.52. The Morgan fingerprint density at radius 2 is 2.47 bits per heavy atom. The van der Waals surface area contributed by atoms with Crippen molar-refractivity contribution in [2.75, 3.05) is 7.11 Å². The Labute approximate surface area is 92.8 Å². The highest BCUT2D eigenvalue weighted by Gasteiger charge is 2.11. The number of hydrogen-bond acceptors (Lipinski definition) is 4. The average molecular weight is 229 g/mol. The summed E-state index contributed by atoms with van der Waals surface area (Å²) in [5, 5.41) is 5.73. The van der Waals surface area contributed by atoms with Crippen molar-refractivity contribution in [3.05, 3.63) is 16.1 Å². The number of urea groups is 1. The molecule has 0 radical (unpaired) electrons. The third-order valence-corrected chi connectivity index (χ3v) is 2.87. The number of nitrogens with zero attached hydrogens (tertiary/aromatic N) is 1. The Hall–Kier alpha value is -1.14. The van der Waals surface area contributed by atoms with Crippen molar-refractivity contribution in [1.82, 2.24) is 15.8 Å². The number of rotatable bonds is 4. The van der Waals surface area contributed by atoms with E-state index >= 15 is 0 Å². The molecule has 0 fully saturated rings. The minimum Gasteiger partial charge on any atom is -0.328 e. The molecule has 0 aliphatic heterocycles. The minimum absolute atomic E-state index is 0.114. The zero-order valence-electron chi connectivity index (χ0n) is 9.03. The molecule has 0 aliphatic carbocycles. The fourth-order valence-corrected chi connectivity index (χ4v) is 1.92. The van der Waals surface area contributed by atoms with Crippen LogP contribution in [0.2, 0.25) is 0 Å². The van der Waals surface area contributed by atoms with Crippen LogP contribution >= 0.6 is 11.3 Å². The molecule has 2 N–H and O–H groups in total. The summed E-state index contributed by atoms with van der Waals surface area (Å²) in [5.41, 5.74) is 3.07. The third-order valence-electron chi connectivity index (χ3n) is 1.86. The van der Waals surface area contributed by atoms with Crippen molar-refractivity contribution in [3.63, 3.8) is 0 Å². The van der Waals surface area contributed by atoms with Crippen LogP contribution in [0.25, 0.3) is 0 Å². The van der Waals surface area contributed by atoms with Crippen molar-refractivity contribution in [1.29, 1.82) is 0 Å². The van der Waals surface area contributed by atoms with Crippen LogP contribution < -0.4 is 10.8 Å². The van der Waals surface area contributed by atoms with Gasteiger partial charge in [0.15, 0.2) is 0 Å². The Morgan fingerprint density at radius 1 is 1.73 bits per heavy atom. The summed E-state index contributed by atoms with van der Waals surface area (Å²) in [4.78, 5) is 20.0. The largest absolute Gasteiger partial charge is 0.339 e. The number of hydroxylamine groups is 1. The van der Waals surface area contributed by atoms with E-state index in [4.69, 9.17) is 0 Å². The van der Waals surface area contributed by atoms with Gasteiger partial charge in [-0.1, -0.05) is 6.92 Å². The van der Waals surface area contributed by atoms with Crippen LogP contribution in [0.4, 0.5) is 4.79 Å². The van der Waals surface area contributed by atoms with E-state index < -0.39 is 0 Å². The molecule has 1 atom stereocenters. The quantitative estimate of drug-likeness (QED) is 0.771. The first-order chi connectivity index (χ1) is 7.17. The maximum atomic E-state index is 11.1. The molecule has 15 heavy (non-hydrogen) atoms. The molecule has 0 spiro atoms. The first-order valence-electron chi connectivity index (χ1n) is 4.71. The second-order valence-corrected chi connectivity index (χ2v) is 3.96. The van der Waals surface area contributed by atoms with Crippen LogP contribution in [-0.4, -0.2) is 18.1 Å². The van der Waals surface area contributed by atoms with Crippen LogP contribution in [0.5, 0.6) is 0 Å². The monoisotopic (exact) mass is 229 g/mol. The smallest absolute Gasteiger partial charge is 0.328 e. The Kier molecular flexibility index (Phi) is 4.51. The van der Waals surface area contributed by atoms with E-state index in [9.17, 15) is 4.79 Å². The lowest BCUT2D eigenvalue weighted by molar-refractivity contribution is 0.106. The molecular weight excluding hydrogens is 214 g/mol. The molecule has 0 aliphatic rings. The molecule has 1 aromatic rings. The van der Waals surface area contributed by atoms with Crippen molar-refractivity contribution in [2.24, 2.45) is 0 Å². The van der Waals surface area contributed by atoms with Crippen molar-refractivity contribution < 1.29 is 9.63 Å². The van der Waals surface area contributed by atoms with E-state index in [1.807, 2.05) is 12.3 Å². The fourth-order valence-electron chi connectivity index (χ4n) is 1.08. The van der Waals surface area contributed by atoms with E-state index in [0.717, 1.165) is 17.1 Å². The van der Waals surface area contributed by atoms with Gasteiger partial charge in [-0.3, -0.25) is 4.84 Å². The molecule has 2 amide bonds. The molecule has 1 heterocycles. The lowest BCUT2D eigenvalue weighted by Gasteiger charge is -2.11. The van der Waals surface area contributed by atoms with Gasteiger partial charge in [0, 0.05) is 5.38 Å². The van der Waals surface area contributed by atoms with Gasteiger partial charge in [0.2, 0.25) is 0 Å². The predicted molar refractivity (Wildman–Crippen MR) is 58.6 cm³/mol. The number of hydrogen-bond donors (Lipinski definition) is 2. The van der Waals surface area contributed by atoms with Gasteiger partial charge in [-0.2, -0.15) is 0 Å². The highest BCUT2D eigenvalue weighted by Crippen LogP contribution is 2.16. The van der Waals surface area contributed by atoms with Crippen molar-refractivity contribution in [2.45, 2.75) is 26.3 Å². The number of thiazole rings is 1. The second-order valence-electron chi connectivity index (χ2n) is 3.02. The number of amides is 2. The van der Waals surface area contributed by atoms with Gasteiger partial charge < -0.3 is 5.32 Å². The summed E-state index contributed by atoms with van der Waals surface area (Å²) in [5.74, 6) is 0. The number of aromatic nitrogens is 1. The average Bonchev–Trinajstić information content (AvgIpc) is 2.66. The minimum atomic E-state index is -0.365.